The van der Waals surface area contributed by atoms with Crippen molar-refractivity contribution in [3.05, 3.63) is 35.5 Å². The zero-order chi connectivity index (χ0) is 53.2. The summed E-state index contributed by atoms with van der Waals surface area (Å²) in [6.07, 6.45) is 10.1. The molecular formula is C55H102N2O11Si3. The Kier molecular flexibility index (Phi) is 26.0. The van der Waals surface area contributed by atoms with E-state index in [0.29, 0.717) is 51.7 Å². The van der Waals surface area contributed by atoms with Crippen LogP contribution in [-0.2, 0) is 41.8 Å². The minimum absolute atomic E-state index is 0.0325. The van der Waals surface area contributed by atoms with Gasteiger partial charge in [0.25, 0.3) is 0 Å². The summed E-state index contributed by atoms with van der Waals surface area (Å²) >= 11 is 0. The Labute approximate surface area is 434 Å². The monoisotopic (exact) mass is 1050 g/mol. The van der Waals surface area contributed by atoms with Crippen LogP contribution in [0.25, 0.3) is 0 Å². The van der Waals surface area contributed by atoms with Crippen LogP contribution in [0.1, 0.15) is 155 Å². The van der Waals surface area contributed by atoms with Crippen molar-refractivity contribution in [2.24, 2.45) is 5.92 Å². The highest BCUT2D eigenvalue weighted by Gasteiger charge is 2.64. The number of epoxide rings is 1. The predicted molar refractivity (Wildman–Crippen MR) is 294 cm³/mol. The average Bonchev–Trinajstić information content (AvgIpc) is 4.19. The molecule has 2 N–H and O–H groups in total. The number of rotatable bonds is 28. The Morgan fingerprint density at radius 3 is 2.07 bits per heavy atom. The molecule has 2 saturated heterocycles. The summed E-state index contributed by atoms with van der Waals surface area (Å²) in [6.45, 7) is 34.6. The summed E-state index contributed by atoms with van der Waals surface area (Å²) in [5.41, 5.74) is 0.140. The summed E-state index contributed by atoms with van der Waals surface area (Å²) in [6, 6.07) is 9.00. The topological polar surface area (TPSA) is 155 Å². The number of carbonyl (C=O) groups is 3. The molecule has 13 nitrogen and oxygen atoms in total. The van der Waals surface area contributed by atoms with E-state index >= 15 is 0 Å². The molecule has 0 aromatic carbocycles. The van der Waals surface area contributed by atoms with E-state index in [1.165, 1.54) is 0 Å². The number of esters is 1. The van der Waals surface area contributed by atoms with Crippen LogP contribution in [0.3, 0.4) is 0 Å². The number of hydrogen-bond acceptors (Lipinski definition) is 11. The average molecular weight is 1050 g/mol. The molecule has 0 radical (unpaired) electrons. The number of amides is 1. The summed E-state index contributed by atoms with van der Waals surface area (Å²) < 4.78 is 47.8. The number of ether oxygens (including phenoxy) is 4. The van der Waals surface area contributed by atoms with Crippen molar-refractivity contribution in [1.82, 2.24) is 10.2 Å². The third-order valence-electron chi connectivity index (χ3n) is 17.6. The lowest BCUT2D eigenvalue weighted by Gasteiger charge is -2.48. The van der Waals surface area contributed by atoms with E-state index < -0.39 is 60.4 Å². The molecule has 16 heteroatoms. The van der Waals surface area contributed by atoms with Crippen molar-refractivity contribution in [3.8, 4) is 0 Å². The van der Waals surface area contributed by atoms with Gasteiger partial charge >= 0.3 is 18.0 Å². The first-order valence-corrected chi connectivity index (χ1v) is 35.6. The maximum absolute atomic E-state index is 14.1. The second-order valence-corrected chi connectivity index (χ2v) is 35.5. The van der Waals surface area contributed by atoms with Crippen LogP contribution in [-0.4, -0.2) is 134 Å². The summed E-state index contributed by atoms with van der Waals surface area (Å²) in [5, 5.41) is 12.6. The van der Waals surface area contributed by atoms with Crippen LogP contribution >= 0.6 is 0 Å². The lowest BCUT2D eigenvalue weighted by atomic mass is 9.79. The number of nitrogens with one attached hydrogen (secondary N) is 1. The molecular weight excluding hydrogens is 949 g/mol. The van der Waals surface area contributed by atoms with Gasteiger partial charge in [-0.1, -0.05) is 94.4 Å². The third kappa shape index (κ3) is 16.9. The molecule has 0 saturated carbocycles. The maximum Gasteiger partial charge on any atom is 0.410 e. The second kappa shape index (κ2) is 29.2. The fraction of sp³-hybridized carbons (Fsp3) is 0.836. The van der Waals surface area contributed by atoms with Gasteiger partial charge in [-0.25, -0.2) is 4.79 Å². The molecule has 71 heavy (non-hydrogen) atoms. The van der Waals surface area contributed by atoms with Gasteiger partial charge in [0.05, 0.1) is 18.6 Å². The summed E-state index contributed by atoms with van der Waals surface area (Å²) in [7, 11) is -4.40. The van der Waals surface area contributed by atoms with E-state index in [-0.39, 0.29) is 55.2 Å². The molecule has 0 aliphatic carbocycles. The molecule has 2 fully saturated rings. The standard InChI is InChI=1S/C55H102N2O11Si3/c1-17-47(67-70(21-5,22-6)23-7)43(13)51-52(65-51)55(15,62-16)54(14,68-71(24-8,25-9)26-10)36-35-41(11)42(12)48-32-28-30-45(63-53(61)57-38-37-56-44(40-57)33-34-49(58)59)29-27-31-46(39-50(60)64-48)66-69(18-2,19-3)20-4/h28,30,35-36,43-48,51-52,56H,17-27,29,31-34,37-40H2,1-16H3,(H,58,59)/b30-28+,36-35+,42-41+/t43-,44-,45-,46-,47+,48-,51-,52-,54-,55-/m1/s1. The smallest absolute Gasteiger partial charge is 0.410 e. The van der Waals surface area contributed by atoms with Gasteiger partial charge in [-0.15, -0.1) is 0 Å². The van der Waals surface area contributed by atoms with Crippen molar-refractivity contribution in [3.63, 3.8) is 0 Å². The first-order valence-electron chi connectivity index (χ1n) is 28.0. The number of carbonyl (C=O) groups excluding carboxylic acids is 2. The lowest BCUT2D eigenvalue weighted by molar-refractivity contribution is -0.149. The molecule has 0 aromatic heterocycles. The molecule has 10 atom stereocenters. The number of allylic oxidation sites excluding steroid dienone is 2. The van der Waals surface area contributed by atoms with Crippen molar-refractivity contribution < 1.29 is 51.7 Å². The third-order valence-corrected chi connectivity index (χ3v) is 31.7. The fourth-order valence-corrected chi connectivity index (χ4v) is 20.1. The van der Waals surface area contributed by atoms with E-state index in [9.17, 15) is 19.5 Å². The van der Waals surface area contributed by atoms with Crippen LogP contribution in [0.15, 0.2) is 35.5 Å². The quantitative estimate of drug-likeness (QED) is 0.0252. The van der Waals surface area contributed by atoms with Crippen LogP contribution < -0.4 is 5.32 Å². The normalized spacial score (nSPS) is 26.5. The predicted octanol–water partition coefficient (Wildman–Crippen LogP) is 12.7. The summed E-state index contributed by atoms with van der Waals surface area (Å²) in [4.78, 5) is 40.8. The van der Waals surface area contributed by atoms with Gasteiger partial charge in [-0.05, 0) is 131 Å². The number of aliphatic carboxylic acids is 1. The molecule has 410 valence electrons. The molecule has 0 aromatic rings. The molecule has 0 unspecified atom stereocenters. The lowest BCUT2D eigenvalue weighted by Crippen LogP contribution is -2.61. The molecule has 3 rings (SSSR count). The number of methoxy groups -OCH3 is 1. The van der Waals surface area contributed by atoms with Crippen LogP contribution in [0.2, 0.25) is 54.4 Å². The van der Waals surface area contributed by atoms with Gasteiger partial charge in [0.1, 0.15) is 29.5 Å². The molecule has 0 bridgehead atoms. The van der Waals surface area contributed by atoms with Gasteiger partial charge in [-0.2, -0.15) is 0 Å². The summed E-state index contributed by atoms with van der Waals surface area (Å²) in [5.74, 6) is -0.964. The van der Waals surface area contributed by atoms with Crippen LogP contribution in [0.5, 0.6) is 0 Å². The second-order valence-electron chi connectivity index (χ2n) is 21.4. The molecule has 3 heterocycles. The zero-order valence-corrected chi connectivity index (χ0v) is 50.5. The number of carboxylic acid groups (broad SMARTS) is 1. The number of hydrogen-bond donors (Lipinski definition) is 2. The van der Waals surface area contributed by atoms with Gasteiger partial charge in [0.2, 0.25) is 0 Å². The van der Waals surface area contributed by atoms with E-state index in [1.807, 2.05) is 19.1 Å². The van der Waals surface area contributed by atoms with Gasteiger partial charge in [0.15, 0.2) is 25.0 Å². The van der Waals surface area contributed by atoms with Gasteiger partial charge in [0, 0.05) is 57.6 Å². The highest BCUT2D eigenvalue weighted by molar-refractivity contribution is 6.74. The Bertz CT molecular complexity index is 1730. The Morgan fingerprint density at radius 2 is 1.52 bits per heavy atom. The Balaban J connectivity index is 2.05. The molecule has 3 aliphatic rings. The van der Waals surface area contributed by atoms with Crippen molar-refractivity contribution >= 4 is 43.0 Å². The van der Waals surface area contributed by atoms with E-state index in [0.717, 1.165) is 72.0 Å². The highest BCUT2D eigenvalue weighted by Crippen LogP contribution is 2.50. The Hall–Kier alpha value is -2.16. The number of carboxylic acids is 1. The van der Waals surface area contributed by atoms with Gasteiger partial charge in [-0.3, -0.25) is 9.59 Å². The minimum Gasteiger partial charge on any atom is -0.481 e. The number of piperazine rings is 1. The molecule has 1 amide bonds. The SMILES string of the molecule is CC[C@H](O[Si](CC)(CC)CC)[C@@H](C)[C@H]1O[C@H]1[C@@](C)(OC)[C@@](C)(/C=C/C(C)=C(\C)[C@H]1C/C=C/[C@H](OC(=O)N2CCN[C@H](CCC(=O)O)C2)CCC[C@@H](O[Si](CC)(CC)CC)CC(=O)O1)O[Si](CC)(CC)CC. The number of cyclic esters (lactones) is 1. The van der Waals surface area contributed by atoms with Crippen molar-refractivity contribution in [2.45, 2.75) is 263 Å². The number of nitrogens with zero attached hydrogens (tertiary/aromatic N) is 1. The fourth-order valence-electron chi connectivity index (χ4n) is 11.1. The first-order chi connectivity index (χ1) is 33.6. The molecule has 3 aliphatic heterocycles. The van der Waals surface area contributed by atoms with E-state index in [4.69, 9.17) is 32.2 Å². The van der Waals surface area contributed by atoms with E-state index in [1.54, 1.807) is 12.0 Å². The van der Waals surface area contributed by atoms with E-state index in [2.05, 4.69) is 114 Å². The highest BCUT2D eigenvalue weighted by atomic mass is 28.4. The Morgan fingerprint density at radius 1 is 0.915 bits per heavy atom. The zero-order valence-electron chi connectivity index (χ0n) is 47.5. The van der Waals surface area contributed by atoms with Crippen molar-refractivity contribution in [1.29, 1.82) is 0 Å². The largest absolute Gasteiger partial charge is 0.481 e. The molecule has 0 spiro atoms. The first kappa shape index (κ1) is 63.1. The van der Waals surface area contributed by atoms with Gasteiger partial charge < -0.3 is 47.5 Å². The maximum atomic E-state index is 14.1. The van der Waals surface area contributed by atoms with Crippen LogP contribution in [0, 0.1) is 5.92 Å². The minimum atomic E-state index is -2.24. The van der Waals surface area contributed by atoms with Crippen molar-refractivity contribution in [2.75, 3.05) is 26.7 Å². The van der Waals surface area contributed by atoms with Crippen LogP contribution in [0.4, 0.5) is 4.79 Å².